The van der Waals surface area contributed by atoms with Gasteiger partial charge in [-0.1, -0.05) is 17.7 Å². The number of benzene rings is 1. The standard InChI is InChI=1S/C19H18ClN3O2/c1-3-23-17-8-7-14(19(24)25-4-2)11-16(17)22-18(23)15(20)10-13-6-5-9-21-12-13/h5-12H,3-4H2,1-2H3/b15-10-. The van der Waals surface area contributed by atoms with Crippen LogP contribution >= 0.6 is 11.6 Å². The lowest BCUT2D eigenvalue weighted by Crippen LogP contribution is -2.04. The van der Waals surface area contributed by atoms with Crippen LogP contribution in [0, 0.1) is 0 Å². The van der Waals surface area contributed by atoms with E-state index in [0.29, 0.717) is 35.1 Å². The van der Waals surface area contributed by atoms with E-state index in [1.807, 2.05) is 35.8 Å². The molecule has 0 saturated heterocycles. The predicted octanol–water partition coefficient (Wildman–Crippen LogP) is 4.36. The molecule has 2 heterocycles. The fourth-order valence-electron chi connectivity index (χ4n) is 2.65. The molecule has 0 radical (unpaired) electrons. The van der Waals surface area contributed by atoms with Gasteiger partial charge in [-0.15, -0.1) is 0 Å². The Labute approximate surface area is 150 Å². The van der Waals surface area contributed by atoms with Gasteiger partial charge in [0.05, 0.1) is 28.2 Å². The molecule has 6 heteroatoms. The zero-order valence-corrected chi connectivity index (χ0v) is 14.8. The number of ether oxygens (including phenoxy) is 1. The van der Waals surface area contributed by atoms with Gasteiger partial charge in [0.15, 0.2) is 5.82 Å². The number of esters is 1. The summed E-state index contributed by atoms with van der Waals surface area (Å²) in [4.78, 5) is 20.6. The Morgan fingerprint density at radius 1 is 1.32 bits per heavy atom. The van der Waals surface area contributed by atoms with Crippen LogP contribution in [-0.4, -0.2) is 27.1 Å². The molecule has 0 aliphatic heterocycles. The molecular formula is C19H18ClN3O2. The van der Waals surface area contributed by atoms with E-state index in [1.54, 1.807) is 31.5 Å². The maximum atomic E-state index is 11.9. The van der Waals surface area contributed by atoms with Crippen molar-refractivity contribution in [2.45, 2.75) is 20.4 Å². The smallest absolute Gasteiger partial charge is 0.338 e. The Hall–Kier alpha value is -2.66. The molecule has 0 amide bonds. The van der Waals surface area contributed by atoms with Gasteiger partial charge >= 0.3 is 5.97 Å². The number of rotatable bonds is 5. The fourth-order valence-corrected chi connectivity index (χ4v) is 2.92. The molecule has 25 heavy (non-hydrogen) atoms. The molecule has 128 valence electrons. The summed E-state index contributed by atoms with van der Waals surface area (Å²) in [6.07, 6.45) is 5.28. The van der Waals surface area contributed by atoms with Crippen molar-refractivity contribution in [3.63, 3.8) is 0 Å². The van der Waals surface area contributed by atoms with E-state index in [1.165, 1.54) is 0 Å². The second-order valence-corrected chi connectivity index (χ2v) is 5.79. The molecule has 0 aliphatic carbocycles. The molecular weight excluding hydrogens is 338 g/mol. The van der Waals surface area contributed by atoms with Crippen molar-refractivity contribution in [2.24, 2.45) is 0 Å². The summed E-state index contributed by atoms with van der Waals surface area (Å²) < 4.78 is 7.06. The van der Waals surface area contributed by atoms with Crippen LogP contribution in [0.3, 0.4) is 0 Å². The molecule has 2 aromatic heterocycles. The van der Waals surface area contributed by atoms with Crippen molar-refractivity contribution in [3.05, 3.63) is 59.7 Å². The normalized spacial score (nSPS) is 11.7. The van der Waals surface area contributed by atoms with Gasteiger partial charge in [-0.2, -0.15) is 0 Å². The van der Waals surface area contributed by atoms with E-state index in [2.05, 4.69) is 9.97 Å². The van der Waals surface area contributed by atoms with Crippen molar-refractivity contribution < 1.29 is 9.53 Å². The number of aryl methyl sites for hydroxylation is 1. The highest BCUT2D eigenvalue weighted by molar-refractivity contribution is 6.50. The molecule has 0 unspecified atom stereocenters. The summed E-state index contributed by atoms with van der Waals surface area (Å²) in [5.74, 6) is 0.304. The van der Waals surface area contributed by atoms with Crippen LogP contribution in [0.4, 0.5) is 0 Å². The first-order chi connectivity index (χ1) is 12.1. The third-order valence-electron chi connectivity index (χ3n) is 3.77. The van der Waals surface area contributed by atoms with E-state index in [-0.39, 0.29) is 5.97 Å². The Kier molecular flexibility index (Phi) is 5.14. The van der Waals surface area contributed by atoms with E-state index >= 15 is 0 Å². The Morgan fingerprint density at radius 2 is 2.16 bits per heavy atom. The Balaban J connectivity index is 2.06. The molecule has 3 aromatic rings. The van der Waals surface area contributed by atoms with E-state index < -0.39 is 0 Å². The zero-order valence-electron chi connectivity index (χ0n) is 14.1. The number of fused-ring (bicyclic) bond motifs is 1. The molecule has 0 spiro atoms. The van der Waals surface area contributed by atoms with Crippen LogP contribution in [0.15, 0.2) is 42.7 Å². The fraction of sp³-hybridized carbons (Fsp3) is 0.211. The van der Waals surface area contributed by atoms with Gasteiger partial charge in [-0.05, 0) is 49.8 Å². The quantitative estimate of drug-likeness (QED) is 0.638. The minimum atomic E-state index is -0.353. The van der Waals surface area contributed by atoms with Crippen molar-refractivity contribution in [2.75, 3.05) is 6.61 Å². The highest BCUT2D eigenvalue weighted by Gasteiger charge is 2.15. The highest BCUT2D eigenvalue weighted by Crippen LogP contribution is 2.26. The molecule has 0 fully saturated rings. The van der Waals surface area contributed by atoms with Crippen LogP contribution in [0.2, 0.25) is 0 Å². The SMILES string of the molecule is CCOC(=O)c1ccc2c(c1)nc(/C(Cl)=C/c1cccnc1)n2CC. The first-order valence-corrected chi connectivity index (χ1v) is 8.46. The lowest BCUT2D eigenvalue weighted by molar-refractivity contribution is 0.0526. The largest absolute Gasteiger partial charge is 0.462 e. The van der Waals surface area contributed by atoms with Crippen LogP contribution in [0.1, 0.15) is 35.6 Å². The van der Waals surface area contributed by atoms with Gasteiger partial charge in [0.2, 0.25) is 0 Å². The highest BCUT2D eigenvalue weighted by atomic mass is 35.5. The molecule has 0 bridgehead atoms. The van der Waals surface area contributed by atoms with Gasteiger partial charge in [0.1, 0.15) is 0 Å². The van der Waals surface area contributed by atoms with Gasteiger partial charge in [0.25, 0.3) is 0 Å². The van der Waals surface area contributed by atoms with Crippen LogP contribution < -0.4 is 0 Å². The van der Waals surface area contributed by atoms with Crippen molar-refractivity contribution in [1.82, 2.24) is 14.5 Å². The van der Waals surface area contributed by atoms with Gasteiger partial charge < -0.3 is 9.30 Å². The van der Waals surface area contributed by atoms with Crippen LogP contribution in [0.5, 0.6) is 0 Å². The summed E-state index contributed by atoms with van der Waals surface area (Å²) in [5.41, 5.74) is 3.01. The summed E-state index contributed by atoms with van der Waals surface area (Å²) in [5, 5.41) is 0.517. The number of carbonyl (C=O) groups is 1. The molecule has 0 N–H and O–H groups in total. The first kappa shape index (κ1) is 17.2. The van der Waals surface area contributed by atoms with Crippen LogP contribution in [0.25, 0.3) is 22.1 Å². The average Bonchev–Trinajstić information content (AvgIpc) is 3.00. The number of hydrogen-bond acceptors (Lipinski definition) is 4. The number of carbonyl (C=O) groups excluding carboxylic acids is 1. The van der Waals surface area contributed by atoms with Gasteiger partial charge in [-0.3, -0.25) is 4.98 Å². The van der Waals surface area contributed by atoms with Crippen molar-refractivity contribution in [1.29, 1.82) is 0 Å². The Morgan fingerprint density at radius 3 is 2.84 bits per heavy atom. The average molecular weight is 356 g/mol. The molecule has 3 rings (SSSR count). The molecule has 0 aliphatic rings. The van der Waals surface area contributed by atoms with E-state index in [9.17, 15) is 4.79 Å². The van der Waals surface area contributed by atoms with Crippen molar-refractivity contribution in [3.8, 4) is 0 Å². The maximum Gasteiger partial charge on any atom is 0.338 e. The van der Waals surface area contributed by atoms with Crippen LogP contribution in [-0.2, 0) is 11.3 Å². The number of imidazole rings is 1. The summed E-state index contributed by atoms with van der Waals surface area (Å²) in [7, 11) is 0. The number of hydrogen-bond donors (Lipinski definition) is 0. The topological polar surface area (TPSA) is 57.0 Å². The monoisotopic (exact) mass is 355 g/mol. The predicted molar refractivity (Wildman–Crippen MR) is 99.3 cm³/mol. The summed E-state index contributed by atoms with van der Waals surface area (Å²) >= 11 is 6.51. The third-order valence-corrected chi connectivity index (χ3v) is 4.05. The lowest BCUT2D eigenvalue weighted by Gasteiger charge is -2.05. The maximum absolute atomic E-state index is 11.9. The number of pyridine rings is 1. The van der Waals surface area contributed by atoms with Gasteiger partial charge in [0, 0.05) is 18.9 Å². The minimum absolute atomic E-state index is 0.338. The third kappa shape index (κ3) is 3.56. The van der Waals surface area contributed by atoms with E-state index in [0.717, 1.165) is 11.1 Å². The minimum Gasteiger partial charge on any atom is -0.462 e. The van der Waals surface area contributed by atoms with Crippen molar-refractivity contribution >= 4 is 39.7 Å². The number of aromatic nitrogens is 3. The second kappa shape index (κ2) is 7.49. The van der Waals surface area contributed by atoms with E-state index in [4.69, 9.17) is 16.3 Å². The summed E-state index contributed by atoms with van der Waals surface area (Å²) in [6.45, 7) is 4.86. The molecule has 0 saturated carbocycles. The molecule has 0 atom stereocenters. The zero-order chi connectivity index (χ0) is 17.8. The lowest BCUT2D eigenvalue weighted by atomic mass is 10.2. The first-order valence-electron chi connectivity index (χ1n) is 8.09. The Bertz CT molecular complexity index is 932. The summed E-state index contributed by atoms with van der Waals surface area (Å²) in [6, 6.07) is 9.13. The van der Waals surface area contributed by atoms with Gasteiger partial charge in [-0.25, -0.2) is 9.78 Å². The second-order valence-electron chi connectivity index (χ2n) is 5.38. The number of nitrogens with zero attached hydrogens (tertiary/aromatic N) is 3. The molecule has 1 aromatic carbocycles. The number of halogens is 1. The molecule has 5 nitrogen and oxygen atoms in total.